The van der Waals surface area contributed by atoms with Crippen molar-refractivity contribution in [1.29, 1.82) is 0 Å². The van der Waals surface area contributed by atoms with E-state index in [1.54, 1.807) is 0 Å². The van der Waals surface area contributed by atoms with E-state index in [0.29, 0.717) is 11.8 Å². The fourth-order valence-corrected chi connectivity index (χ4v) is 2.95. The van der Waals surface area contributed by atoms with Gasteiger partial charge in [0.25, 0.3) is 11.8 Å². The van der Waals surface area contributed by atoms with E-state index in [0.717, 1.165) is 51.4 Å². The molecule has 0 saturated carbocycles. The number of fused-ring (bicyclic) bond motifs is 1. The molecule has 0 radical (unpaired) electrons. The number of rotatable bonds is 2. The number of ether oxygens (including phenoxy) is 1. The molecule has 1 aromatic heterocycles. The van der Waals surface area contributed by atoms with Crippen LogP contribution in [0.3, 0.4) is 0 Å². The first-order valence-electron chi connectivity index (χ1n) is 7.40. The minimum Gasteiger partial charge on any atom is -0.378 e. The van der Waals surface area contributed by atoms with E-state index in [1.807, 2.05) is 0 Å². The lowest BCUT2D eigenvalue weighted by Gasteiger charge is -2.24. The summed E-state index contributed by atoms with van der Waals surface area (Å²) in [5.41, 5.74) is 3.72. The number of benzene rings is 1. The molecular formula is C15H18N4O2. The second kappa shape index (κ2) is 5.46. The van der Waals surface area contributed by atoms with E-state index in [9.17, 15) is 0 Å². The summed E-state index contributed by atoms with van der Waals surface area (Å²) >= 11 is 0. The molecule has 0 bridgehead atoms. The zero-order chi connectivity index (χ0) is 14.1. The molecule has 2 aliphatic heterocycles. The topological polar surface area (TPSA) is 63.4 Å². The van der Waals surface area contributed by atoms with Crippen molar-refractivity contribution in [3.05, 3.63) is 29.3 Å². The molecule has 6 nitrogen and oxygen atoms in total. The molecule has 110 valence electrons. The van der Waals surface area contributed by atoms with Crippen LogP contribution in [0.25, 0.3) is 11.5 Å². The fraction of sp³-hybridized carbons (Fsp3) is 0.467. The summed E-state index contributed by atoms with van der Waals surface area (Å²) in [5, 5.41) is 7.52. The molecule has 0 atom stereocenters. The Kier molecular flexibility index (Phi) is 3.33. The minimum atomic E-state index is 0.621. The van der Waals surface area contributed by atoms with Crippen LogP contribution in [0.4, 0.5) is 5.95 Å². The second-order valence-corrected chi connectivity index (χ2v) is 5.37. The first-order chi connectivity index (χ1) is 10.4. The quantitative estimate of drug-likeness (QED) is 0.895. The summed E-state index contributed by atoms with van der Waals surface area (Å²) in [6, 6.07) is 6.28. The molecule has 0 aliphatic carbocycles. The average molecular weight is 286 g/mol. The minimum absolute atomic E-state index is 0.621. The molecule has 1 saturated heterocycles. The van der Waals surface area contributed by atoms with Crippen LogP contribution in [0.1, 0.15) is 11.1 Å². The molecule has 1 aromatic carbocycles. The van der Waals surface area contributed by atoms with Gasteiger partial charge in [-0.05, 0) is 35.3 Å². The number of morpholine rings is 1. The lowest BCUT2D eigenvalue weighted by atomic mass is 9.95. The smallest absolute Gasteiger partial charge is 0.266 e. The van der Waals surface area contributed by atoms with Crippen molar-refractivity contribution in [3.63, 3.8) is 0 Å². The molecule has 2 aliphatic rings. The van der Waals surface area contributed by atoms with E-state index in [-0.39, 0.29) is 0 Å². The summed E-state index contributed by atoms with van der Waals surface area (Å²) in [6.07, 6.45) is 1.00. The number of aromatic nitrogens is 2. The Morgan fingerprint density at radius 2 is 2.10 bits per heavy atom. The van der Waals surface area contributed by atoms with Gasteiger partial charge in [0.1, 0.15) is 0 Å². The first-order valence-corrected chi connectivity index (χ1v) is 7.40. The van der Waals surface area contributed by atoms with Crippen LogP contribution < -0.4 is 10.2 Å². The Labute approximate surface area is 123 Å². The Hall–Kier alpha value is -1.92. The van der Waals surface area contributed by atoms with Crippen molar-refractivity contribution < 1.29 is 9.26 Å². The van der Waals surface area contributed by atoms with E-state index < -0.39 is 0 Å². The summed E-state index contributed by atoms with van der Waals surface area (Å²) in [4.78, 5) is 6.69. The van der Waals surface area contributed by atoms with Crippen molar-refractivity contribution in [2.75, 3.05) is 37.7 Å². The van der Waals surface area contributed by atoms with Crippen LogP contribution in [0.5, 0.6) is 0 Å². The fourth-order valence-electron chi connectivity index (χ4n) is 2.95. The Balaban J connectivity index is 1.66. The van der Waals surface area contributed by atoms with Gasteiger partial charge in [-0.2, -0.15) is 4.98 Å². The molecule has 1 N–H and O–H groups in total. The first kappa shape index (κ1) is 12.8. The standard InChI is InChI=1S/C15H18N4O2/c1-2-11-10-16-5-4-12(11)13(3-1)14-17-15(18-21-14)19-6-8-20-9-7-19/h1-3,16H,4-10H2. The number of hydrogen-bond acceptors (Lipinski definition) is 6. The van der Waals surface area contributed by atoms with Gasteiger partial charge in [0, 0.05) is 25.2 Å². The summed E-state index contributed by atoms with van der Waals surface area (Å²) in [5.74, 6) is 1.29. The number of hydrogen-bond donors (Lipinski definition) is 1. The third-order valence-corrected chi connectivity index (χ3v) is 4.08. The maximum Gasteiger partial charge on any atom is 0.266 e. The van der Waals surface area contributed by atoms with Crippen LogP contribution in [0.15, 0.2) is 22.7 Å². The van der Waals surface area contributed by atoms with Gasteiger partial charge in [-0.1, -0.05) is 12.1 Å². The summed E-state index contributed by atoms with van der Waals surface area (Å²) in [7, 11) is 0. The maximum absolute atomic E-state index is 5.51. The normalized spacial score (nSPS) is 18.6. The molecule has 4 rings (SSSR count). The molecule has 2 aromatic rings. The van der Waals surface area contributed by atoms with Gasteiger partial charge in [0.15, 0.2) is 0 Å². The van der Waals surface area contributed by atoms with Gasteiger partial charge in [0.2, 0.25) is 0 Å². The molecular weight excluding hydrogens is 268 g/mol. The SMILES string of the molecule is c1cc2c(c(-c3nc(N4CCOCC4)no3)c1)CCNC2. The van der Waals surface area contributed by atoms with Gasteiger partial charge in [-0.3, -0.25) is 0 Å². The van der Waals surface area contributed by atoms with E-state index in [4.69, 9.17) is 9.26 Å². The molecule has 0 amide bonds. The number of anilines is 1. The van der Waals surface area contributed by atoms with Crippen LogP contribution in [-0.2, 0) is 17.7 Å². The summed E-state index contributed by atoms with van der Waals surface area (Å²) in [6.45, 7) is 4.97. The third-order valence-electron chi connectivity index (χ3n) is 4.08. The highest BCUT2D eigenvalue weighted by Crippen LogP contribution is 2.28. The van der Waals surface area contributed by atoms with Crippen LogP contribution in [-0.4, -0.2) is 43.0 Å². The lowest BCUT2D eigenvalue weighted by molar-refractivity contribution is 0.121. The Bertz CT molecular complexity index is 634. The molecule has 0 unspecified atom stereocenters. The molecule has 21 heavy (non-hydrogen) atoms. The highest BCUT2D eigenvalue weighted by molar-refractivity contribution is 5.62. The van der Waals surface area contributed by atoms with Gasteiger partial charge in [-0.15, -0.1) is 0 Å². The molecule has 3 heterocycles. The van der Waals surface area contributed by atoms with Crippen molar-refractivity contribution >= 4 is 5.95 Å². The van der Waals surface area contributed by atoms with Crippen molar-refractivity contribution in [1.82, 2.24) is 15.5 Å². The lowest BCUT2D eigenvalue weighted by Crippen LogP contribution is -2.36. The predicted octanol–water partition coefficient (Wildman–Crippen LogP) is 1.22. The monoisotopic (exact) mass is 286 g/mol. The van der Waals surface area contributed by atoms with Gasteiger partial charge in [-0.25, -0.2) is 0 Å². The summed E-state index contributed by atoms with van der Waals surface area (Å²) < 4.78 is 10.9. The maximum atomic E-state index is 5.51. The zero-order valence-corrected chi connectivity index (χ0v) is 11.8. The van der Waals surface area contributed by atoms with Gasteiger partial charge < -0.3 is 19.5 Å². The molecule has 0 spiro atoms. The van der Waals surface area contributed by atoms with Crippen molar-refractivity contribution in [3.8, 4) is 11.5 Å². The van der Waals surface area contributed by atoms with Crippen LogP contribution >= 0.6 is 0 Å². The van der Waals surface area contributed by atoms with Gasteiger partial charge >= 0.3 is 0 Å². The van der Waals surface area contributed by atoms with E-state index in [2.05, 4.69) is 38.6 Å². The Morgan fingerprint density at radius 1 is 1.19 bits per heavy atom. The van der Waals surface area contributed by atoms with E-state index in [1.165, 1.54) is 11.1 Å². The number of nitrogens with one attached hydrogen (secondary N) is 1. The molecule has 1 fully saturated rings. The highest BCUT2D eigenvalue weighted by Gasteiger charge is 2.21. The third kappa shape index (κ3) is 2.41. The Morgan fingerprint density at radius 3 is 3.00 bits per heavy atom. The van der Waals surface area contributed by atoms with Gasteiger partial charge in [0.05, 0.1) is 13.2 Å². The zero-order valence-electron chi connectivity index (χ0n) is 11.8. The second-order valence-electron chi connectivity index (χ2n) is 5.37. The van der Waals surface area contributed by atoms with Crippen molar-refractivity contribution in [2.45, 2.75) is 13.0 Å². The number of nitrogens with zero attached hydrogens (tertiary/aromatic N) is 3. The largest absolute Gasteiger partial charge is 0.378 e. The predicted molar refractivity (Wildman–Crippen MR) is 78.2 cm³/mol. The average Bonchev–Trinajstić information content (AvgIpc) is 3.05. The highest BCUT2D eigenvalue weighted by atomic mass is 16.5. The van der Waals surface area contributed by atoms with Crippen LogP contribution in [0, 0.1) is 0 Å². The molecule has 6 heteroatoms. The van der Waals surface area contributed by atoms with E-state index >= 15 is 0 Å². The van der Waals surface area contributed by atoms with Crippen LogP contribution in [0.2, 0.25) is 0 Å². The van der Waals surface area contributed by atoms with Crippen molar-refractivity contribution in [2.24, 2.45) is 0 Å².